The smallest absolute Gasteiger partial charge is 0.220 e. The third-order valence-corrected chi connectivity index (χ3v) is 6.13. The lowest BCUT2D eigenvalue weighted by Gasteiger charge is -2.13. The Balaban J connectivity index is 1.27. The number of imidazole rings is 1. The molecule has 0 atom stereocenters. The van der Waals surface area contributed by atoms with Crippen molar-refractivity contribution in [1.82, 2.24) is 29.5 Å². The average Bonchev–Trinajstić information content (AvgIpc) is 3.46. The average molecular weight is 439 g/mol. The molecule has 166 valence electrons. The highest BCUT2D eigenvalue weighted by Gasteiger charge is 2.15. The maximum atomic E-state index is 12.7. The summed E-state index contributed by atoms with van der Waals surface area (Å²) in [6, 6.07) is 16.2. The second kappa shape index (κ2) is 8.86. The second-order valence-electron chi connectivity index (χ2n) is 8.29. The highest BCUT2D eigenvalue weighted by atomic mass is 16.1. The SMILES string of the molecule is Cc1nc2c3ccccc3nn2c(C)c1CCC(=O)NCc1ccccc1Cn1ccnc1. The van der Waals surface area contributed by atoms with Gasteiger partial charge in [-0.2, -0.15) is 5.10 Å². The number of hydrogen-bond donors (Lipinski definition) is 1. The molecule has 0 radical (unpaired) electrons. The van der Waals surface area contributed by atoms with Gasteiger partial charge in [0.25, 0.3) is 0 Å². The van der Waals surface area contributed by atoms with Crippen LogP contribution in [0.25, 0.3) is 16.6 Å². The maximum absolute atomic E-state index is 12.7. The van der Waals surface area contributed by atoms with E-state index in [9.17, 15) is 4.79 Å². The molecule has 0 fully saturated rings. The highest BCUT2D eigenvalue weighted by molar-refractivity contribution is 5.92. The van der Waals surface area contributed by atoms with Crippen LogP contribution in [0.3, 0.4) is 0 Å². The van der Waals surface area contributed by atoms with Crippen LogP contribution >= 0.6 is 0 Å². The Kier molecular flexibility index (Phi) is 5.60. The van der Waals surface area contributed by atoms with E-state index < -0.39 is 0 Å². The van der Waals surface area contributed by atoms with Crippen LogP contribution in [0, 0.1) is 13.8 Å². The van der Waals surface area contributed by atoms with Gasteiger partial charge in [0, 0.05) is 48.7 Å². The zero-order chi connectivity index (χ0) is 22.8. The van der Waals surface area contributed by atoms with Crippen molar-refractivity contribution in [3.63, 3.8) is 0 Å². The van der Waals surface area contributed by atoms with E-state index in [2.05, 4.69) is 22.4 Å². The number of aryl methyl sites for hydroxylation is 2. The van der Waals surface area contributed by atoms with Gasteiger partial charge in [0.1, 0.15) is 0 Å². The lowest BCUT2D eigenvalue weighted by molar-refractivity contribution is -0.121. The Labute approximate surface area is 192 Å². The van der Waals surface area contributed by atoms with Crippen molar-refractivity contribution in [3.8, 4) is 0 Å². The predicted molar refractivity (Wildman–Crippen MR) is 128 cm³/mol. The zero-order valence-corrected chi connectivity index (χ0v) is 18.8. The number of hydrogen-bond acceptors (Lipinski definition) is 4. The van der Waals surface area contributed by atoms with Crippen molar-refractivity contribution >= 4 is 22.5 Å². The molecule has 0 saturated heterocycles. The quantitative estimate of drug-likeness (QED) is 0.417. The lowest BCUT2D eigenvalue weighted by Crippen LogP contribution is -2.24. The first-order chi connectivity index (χ1) is 16.1. The highest BCUT2D eigenvalue weighted by Crippen LogP contribution is 2.23. The van der Waals surface area contributed by atoms with Crippen LogP contribution < -0.4 is 5.32 Å². The molecule has 0 aliphatic rings. The second-order valence-corrected chi connectivity index (χ2v) is 8.29. The number of aromatic nitrogens is 5. The summed E-state index contributed by atoms with van der Waals surface area (Å²) in [5.74, 6) is 0.0250. The van der Waals surface area contributed by atoms with Gasteiger partial charge in [-0.25, -0.2) is 14.5 Å². The molecule has 33 heavy (non-hydrogen) atoms. The Morgan fingerprint density at radius 2 is 1.82 bits per heavy atom. The molecular formula is C26H26N6O. The van der Waals surface area contributed by atoms with E-state index in [4.69, 9.17) is 10.1 Å². The van der Waals surface area contributed by atoms with Gasteiger partial charge in [-0.1, -0.05) is 36.4 Å². The fraction of sp³-hybridized carbons (Fsp3) is 0.231. The van der Waals surface area contributed by atoms with Crippen molar-refractivity contribution in [2.24, 2.45) is 0 Å². The van der Waals surface area contributed by atoms with Crippen LogP contribution in [0.15, 0.2) is 67.3 Å². The molecule has 5 aromatic rings. The maximum Gasteiger partial charge on any atom is 0.220 e. The van der Waals surface area contributed by atoms with Crippen LogP contribution in [0.5, 0.6) is 0 Å². The van der Waals surface area contributed by atoms with Gasteiger partial charge in [0.2, 0.25) is 5.91 Å². The summed E-state index contributed by atoms with van der Waals surface area (Å²) in [6.45, 7) is 5.29. The van der Waals surface area contributed by atoms with Crippen LogP contribution in [0.1, 0.15) is 34.5 Å². The summed E-state index contributed by atoms with van der Waals surface area (Å²) in [6.07, 6.45) is 6.53. The molecule has 3 aromatic heterocycles. The van der Waals surface area contributed by atoms with Crippen molar-refractivity contribution < 1.29 is 4.79 Å². The first-order valence-corrected chi connectivity index (χ1v) is 11.1. The van der Waals surface area contributed by atoms with Gasteiger partial charge in [-0.3, -0.25) is 4.79 Å². The van der Waals surface area contributed by atoms with Crippen molar-refractivity contribution in [2.45, 2.75) is 39.8 Å². The molecule has 1 amide bonds. The molecule has 7 heteroatoms. The van der Waals surface area contributed by atoms with Crippen molar-refractivity contribution in [3.05, 3.63) is 95.3 Å². The van der Waals surface area contributed by atoms with E-state index in [0.29, 0.717) is 19.4 Å². The Morgan fingerprint density at radius 1 is 1.03 bits per heavy atom. The third-order valence-electron chi connectivity index (χ3n) is 6.13. The number of carbonyl (C=O) groups excluding carboxylic acids is 1. The molecule has 1 N–H and O–H groups in total. The zero-order valence-electron chi connectivity index (χ0n) is 18.8. The molecule has 2 aromatic carbocycles. The number of nitrogens with one attached hydrogen (secondary N) is 1. The fourth-order valence-corrected chi connectivity index (χ4v) is 4.32. The predicted octanol–water partition coefficient (Wildman–Crippen LogP) is 3.99. The first-order valence-electron chi connectivity index (χ1n) is 11.1. The number of fused-ring (bicyclic) bond motifs is 3. The number of amides is 1. The molecular weight excluding hydrogens is 412 g/mol. The van der Waals surface area contributed by atoms with Crippen molar-refractivity contribution in [2.75, 3.05) is 0 Å². The van der Waals surface area contributed by atoms with E-state index >= 15 is 0 Å². The lowest BCUT2D eigenvalue weighted by atomic mass is 10.1. The van der Waals surface area contributed by atoms with Crippen molar-refractivity contribution in [1.29, 1.82) is 0 Å². The molecule has 0 bridgehead atoms. The monoisotopic (exact) mass is 438 g/mol. The molecule has 0 aliphatic carbocycles. The summed E-state index contributed by atoms with van der Waals surface area (Å²) in [5, 5.41) is 8.83. The summed E-state index contributed by atoms with van der Waals surface area (Å²) in [7, 11) is 0. The van der Waals surface area contributed by atoms with Crippen LogP contribution in [-0.4, -0.2) is 30.1 Å². The van der Waals surface area contributed by atoms with Crippen LogP contribution in [-0.2, 0) is 24.3 Å². The third kappa shape index (κ3) is 4.22. The van der Waals surface area contributed by atoms with Gasteiger partial charge < -0.3 is 9.88 Å². The molecule has 7 nitrogen and oxygen atoms in total. The summed E-state index contributed by atoms with van der Waals surface area (Å²) in [5.41, 5.74) is 7.13. The van der Waals surface area contributed by atoms with E-state index in [0.717, 1.165) is 45.6 Å². The Bertz CT molecular complexity index is 1430. The number of carbonyl (C=O) groups is 1. The standard InChI is InChI=1S/C26H26N6O/c1-18-22(19(2)32-26(29-18)23-9-5-6-10-24(23)30-32)11-12-25(33)28-15-20-7-3-4-8-21(20)16-31-14-13-27-17-31/h3-10,13-14,17H,11-12,15-16H2,1-2H3,(H,28,33). The minimum atomic E-state index is 0.0250. The Hall–Kier alpha value is -4.00. The van der Waals surface area contributed by atoms with E-state index in [1.54, 1.807) is 12.5 Å². The minimum absolute atomic E-state index is 0.0250. The number of benzene rings is 2. The number of rotatable bonds is 7. The van der Waals surface area contributed by atoms with E-state index in [1.807, 2.05) is 65.5 Å². The van der Waals surface area contributed by atoms with E-state index in [-0.39, 0.29) is 5.91 Å². The van der Waals surface area contributed by atoms with Gasteiger partial charge in [-0.05, 0) is 49.1 Å². The largest absolute Gasteiger partial charge is 0.352 e. The Morgan fingerprint density at radius 3 is 2.64 bits per heavy atom. The molecule has 0 unspecified atom stereocenters. The molecule has 0 aliphatic heterocycles. The number of nitrogens with zero attached hydrogens (tertiary/aromatic N) is 5. The fourth-order valence-electron chi connectivity index (χ4n) is 4.32. The van der Waals surface area contributed by atoms with E-state index in [1.165, 1.54) is 5.56 Å². The van der Waals surface area contributed by atoms with Crippen LogP contribution in [0.4, 0.5) is 0 Å². The van der Waals surface area contributed by atoms with Gasteiger partial charge >= 0.3 is 0 Å². The summed E-state index contributed by atoms with van der Waals surface area (Å²) < 4.78 is 3.92. The van der Waals surface area contributed by atoms with Gasteiger partial charge in [0.15, 0.2) is 5.65 Å². The molecule has 5 rings (SSSR count). The summed E-state index contributed by atoms with van der Waals surface area (Å²) >= 11 is 0. The topological polar surface area (TPSA) is 77.1 Å². The normalized spacial score (nSPS) is 11.3. The van der Waals surface area contributed by atoms with Gasteiger partial charge in [-0.15, -0.1) is 0 Å². The minimum Gasteiger partial charge on any atom is -0.352 e. The molecule has 0 spiro atoms. The van der Waals surface area contributed by atoms with Crippen LogP contribution in [0.2, 0.25) is 0 Å². The van der Waals surface area contributed by atoms with Gasteiger partial charge in [0.05, 0.1) is 11.8 Å². The molecule has 0 saturated carbocycles. The first kappa shape index (κ1) is 20.9. The molecule has 3 heterocycles. The summed E-state index contributed by atoms with van der Waals surface area (Å²) in [4.78, 5) is 21.6.